The van der Waals surface area contributed by atoms with Crippen LogP contribution in [0.25, 0.3) is 11.4 Å². The van der Waals surface area contributed by atoms with E-state index in [1.165, 1.54) is 0 Å². The fourth-order valence-electron chi connectivity index (χ4n) is 1.43. The molecule has 17 heavy (non-hydrogen) atoms. The van der Waals surface area contributed by atoms with Crippen molar-refractivity contribution in [3.63, 3.8) is 0 Å². The molecule has 0 saturated carbocycles. The van der Waals surface area contributed by atoms with Gasteiger partial charge in [-0.15, -0.1) is 0 Å². The van der Waals surface area contributed by atoms with Gasteiger partial charge in [-0.1, -0.05) is 11.6 Å². The number of halogens is 1. The fourth-order valence-corrected chi connectivity index (χ4v) is 1.66. The summed E-state index contributed by atoms with van der Waals surface area (Å²) in [6.07, 6.45) is 0. The number of hydrogen-bond donors (Lipinski definition) is 2. The summed E-state index contributed by atoms with van der Waals surface area (Å²) in [5, 5.41) is 7.36. The molecule has 3 N–H and O–H groups in total. The first-order valence-electron chi connectivity index (χ1n) is 5.28. The Kier molecular flexibility index (Phi) is 3.61. The lowest BCUT2D eigenvalue weighted by Crippen LogP contribution is -1.97. The molecule has 0 aliphatic heterocycles. The first-order valence-corrected chi connectivity index (χ1v) is 5.66. The SMILES string of the molecule is CCOc1ccc(-c2n[nH]c(CN)n2)cc1Cl. The van der Waals surface area contributed by atoms with E-state index >= 15 is 0 Å². The number of nitrogens with one attached hydrogen (secondary N) is 1. The van der Waals surface area contributed by atoms with Crippen LogP contribution >= 0.6 is 11.6 Å². The zero-order valence-corrected chi connectivity index (χ0v) is 10.2. The van der Waals surface area contributed by atoms with Crippen LogP contribution in [0.15, 0.2) is 18.2 Å². The highest BCUT2D eigenvalue weighted by Crippen LogP contribution is 2.28. The van der Waals surface area contributed by atoms with Crippen molar-refractivity contribution in [2.24, 2.45) is 5.73 Å². The minimum atomic E-state index is 0.331. The molecule has 0 aliphatic rings. The lowest BCUT2D eigenvalue weighted by Gasteiger charge is -2.05. The van der Waals surface area contributed by atoms with Gasteiger partial charge in [0.15, 0.2) is 5.82 Å². The van der Waals surface area contributed by atoms with Crippen LogP contribution in [0.2, 0.25) is 5.02 Å². The van der Waals surface area contributed by atoms with Crippen molar-refractivity contribution in [3.05, 3.63) is 29.0 Å². The van der Waals surface area contributed by atoms with Crippen molar-refractivity contribution < 1.29 is 4.74 Å². The maximum atomic E-state index is 6.08. The molecule has 6 heteroatoms. The highest BCUT2D eigenvalue weighted by Gasteiger charge is 2.08. The summed E-state index contributed by atoms with van der Waals surface area (Å²) in [6.45, 7) is 2.82. The number of aromatic amines is 1. The van der Waals surface area contributed by atoms with Gasteiger partial charge in [0.1, 0.15) is 11.6 Å². The van der Waals surface area contributed by atoms with Crippen LogP contribution in [-0.2, 0) is 6.54 Å². The van der Waals surface area contributed by atoms with Crippen LogP contribution in [0.1, 0.15) is 12.7 Å². The Bertz CT molecular complexity index is 512. The summed E-state index contributed by atoms with van der Waals surface area (Å²) < 4.78 is 5.35. The van der Waals surface area contributed by atoms with Gasteiger partial charge in [0.2, 0.25) is 0 Å². The summed E-state index contributed by atoms with van der Waals surface area (Å²) in [5.74, 6) is 1.88. The molecule has 0 atom stereocenters. The zero-order valence-electron chi connectivity index (χ0n) is 9.40. The molecule has 0 saturated heterocycles. The molecule has 0 unspecified atom stereocenters. The second kappa shape index (κ2) is 5.16. The Morgan fingerprint density at radius 3 is 2.88 bits per heavy atom. The molecule has 2 rings (SSSR count). The van der Waals surface area contributed by atoms with Gasteiger partial charge >= 0.3 is 0 Å². The first kappa shape index (κ1) is 11.9. The van der Waals surface area contributed by atoms with Crippen LogP contribution in [0, 0.1) is 0 Å². The monoisotopic (exact) mass is 252 g/mol. The van der Waals surface area contributed by atoms with E-state index in [2.05, 4.69) is 15.2 Å². The normalized spacial score (nSPS) is 10.5. The number of benzene rings is 1. The number of hydrogen-bond acceptors (Lipinski definition) is 4. The molecule has 0 radical (unpaired) electrons. The molecule has 1 aromatic heterocycles. The molecule has 0 amide bonds. The van der Waals surface area contributed by atoms with E-state index in [0.29, 0.717) is 35.6 Å². The third-order valence-electron chi connectivity index (χ3n) is 2.21. The molecule has 5 nitrogen and oxygen atoms in total. The van der Waals surface area contributed by atoms with Gasteiger partial charge < -0.3 is 10.5 Å². The van der Waals surface area contributed by atoms with Gasteiger partial charge in [-0.25, -0.2) is 4.98 Å². The van der Waals surface area contributed by atoms with Crippen molar-refractivity contribution in [1.29, 1.82) is 0 Å². The lowest BCUT2D eigenvalue weighted by molar-refractivity contribution is 0.340. The molecule has 0 fully saturated rings. The van der Waals surface area contributed by atoms with Gasteiger partial charge in [0.05, 0.1) is 18.2 Å². The Labute approximate surface area is 104 Å². The third kappa shape index (κ3) is 2.57. The van der Waals surface area contributed by atoms with E-state index in [4.69, 9.17) is 22.1 Å². The summed E-state index contributed by atoms with van der Waals surface area (Å²) in [7, 11) is 0. The molecule has 0 spiro atoms. The van der Waals surface area contributed by atoms with Crippen LogP contribution in [0.4, 0.5) is 0 Å². The molecular weight excluding hydrogens is 240 g/mol. The highest BCUT2D eigenvalue weighted by atomic mass is 35.5. The maximum Gasteiger partial charge on any atom is 0.181 e. The van der Waals surface area contributed by atoms with Gasteiger partial charge in [0, 0.05) is 5.56 Å². The molecule has 2 aromatic rings. The maximum absolute atomic E-state index is 6.08. The highest BCUT2D eigenvalue weighted by molar-refractivity contribution is 6.32. The Morgan fingerprint density at radius 2 is 2.29 bits per heavy atom. The van der Waals surface area contributed by atoms with Gasteiger partial charge in [-0.05, 0) is 25.1 Å². The van der Waals surface area contributed by atoms with Crippen molar-refractivity contribution in [2.75, 3.05) is 6.61 Å². The van der Waals surface area contributed by atoms with E-state index in [1.54, 1.807) is 12.1 Å². The Morgan fingerprint density at radius 1 is 1.47 bits per heavy atom. The number of nitrogens with zero attached hydrogens (tertiary/aromatic N) is 2. The van der Waals surface area contributed by atoms with E-state index in [9.17, 15) is 0 Å². The standard InChI is InChI=1S/C11H13ClN4O/c1-2-17-9-4-3-7(5-8(9)12)11-14-10(6-13)15-16-11/h3-5H,2,6,13H2,1H3,(H,14,15,16). The summed E-state index contributed by atoms with van der Waals surface area (Å²) in [4.78, 5) is 4.22. The molecule has 1 heterocycles. The predicted octanol–water partition coefficient (Wildman–Crippen LogP) is 1.98. The quantitative estimate of drug-likeness (QED) is 0.872. The third-order valence-corrected chi connectivity index (χ3v) is 2.51. The number of rotatable bonds is 4. The van der Waals surface area contributed by atoms with E-state index in [-0.39, 0.29) is 0 Å². The van der Waals surface area contributed by atoms with Crippen molar-refractivity contribution in [3.8, 4) is 17.1 Å². The van der Waals surface area contributed by atoms with E-state index in [1.807, 2.05) is 13.0 Å². The van der Waals surface area contributed by atoms with Crippen LogP contribution in [0.5, 0.6) is 5.75 Å². The minimum absolute atomic E-state index is 0.331. The molecule has 0 bridgehead atoms. The van der Waals surface area contributed by atoms with E-state index < -0.39 is 0 Å². The first-order chi connectivity index (χ1) is 8.24. The lowest BCUT2D eigenvalue weighted by atomic mass is 10.2. The van der Waals surface area contributed by atoms with Crippen LogP contribution < -0.4 is 10.5 Å². The van der Waals surface area contributed by atoms with Gasteiger partial charge in [-0.3, -0.25) is 5.10 Å². The van der Waals surface area contributed by atoms with Gasteiger partial charge in [-0.2, -0.15) is 5.10 Å². The summed E-state index contributed by atoms with van der Waals surface area (Å²) in [6, 6.07) is 5.44. The minimum Gasteiger partial charge on any atom is -0.492 e. The molecule has 1 aromatic carbocycles. The van der Waals surface area contributed by atoms with Crippen molar-refractivity contribution in [2.45, 2.75) is 13.5 Å². The second-order valence-electron chi connectivity index (χ2n) is 3.39. The molecule has 90 valence electrons. The average Bonchev–Trinajstić information content (AvgIpc) is 2.80. The van der Waals surface area contributed by atoms with Crippen LogP contribution in [0.3, 0.4) is 0 Å². The number of H-pyrrole nitrogens is 1. The fraction of sp³-hybridized carbons (Fsp3) is 0.273. The van der Waals surface area contributed by atoms with Crippen molar-refractivity contribution >= 4 is 11.6 Å². The van der Waals surface area contributed by atoms with Crippen molar-refractivity contribution in [1.82, 2.24) is 15.2 Å². The second-order valence-corrected chi connectivity index (χ2v) is 3.80. The van der Waals surface area contributed by atoms with E-state index in [0.717, 1.165) is 5.56 Å². The number of ether oxygens (including phenoxy) is 1. The Balaban J connectivity index is 2.30. The number of aromatic nitrogens is 3. The zero-order chi connectivity index (χ0) is 12.3. The largest absolute Gasteiger partial charge is 0.492 e. The summed E-state index contributed by atoms with van der Waals surface area (Å²) in [5.41, 5.74) is 6.28. The average molecular weight is 253 g/mol. The summed E-state index contributed by atoms with van der Waals surface area (Å²) >= 11 is 6.08. The predicted molar refractivity (Wildman–Crippen MR) is 65.9 cm³/mol. The molecule has 0 aliphatic carbocycles. The number of nitrogens with two attached hydrogens (primary N) is 1. The van der Waals surface area contributed by atoms with Gasteiger partial charge in [0.25, 0.3) is 0 Å². The topological polar surface area (TPSA) is 76.8 Å². The Hall–Kier alpha value is -1.59. The smallest absolute Gasteiger partial charge is 0.181 e. The molecular formula is C11H13ClN4O. The van der Waals surface area contributed by atoms with Crippen LogP contribution in [-0.4, -0.2) is 21.8 Å².